The predicted molar refractivity (Wildman–Crippen MR) is 65.0 cm³/mol. The van der Waals surface area contributed by atoms with E-state index >= 15 is 0 Å². The van der Waals surface area contributed by atoms with Crippen molar-refractivity contribution in [3.8, 4) is 0 Å². The highest BCUT2D eigenvalue weighted by Crippen LogP contribution is 2.25. The number of likely N-dealkylation sites (tertiary alicyclic amines) is 1. The Labute approximate surface area is 98.1 Å². The molecule has 2 aliphatic rings. The van der Waals surface area contributed by atoms with Crippen LogP contribution in [0.3, 0.4) is 0 Å². The first kappa shape index (κ1) is 12.3. The normalized spacial score (nSPS) is 34.0. The van der Waals surface area contributed by atoms with Crippen LogP contribution in [0.25, 0.3) is 0 Å². The van der Waals surface area contributed by atoms with Gasteiger partial charge in [0.2, 0.25) is 0 Å². The van der Waals surface area contributed by atoms with Crippen LogP contribution in [0.5, 0.6) is 0 Å². The summed E-state index contributed by atoms with van der Waals surface area (Å²) in [5.41, 5.74) is 5.89. The van der Waals surface area contributed by atoms with Crippen molar-refractivity contribution in [3.05, 3.63) is 0 Å². The third-order valence-corrected chi connectivity index (χ3v) is 5.79. The van der Waals surface area contributed by atoms with Crippen LogP contribution in [-0.2, 0) is 9.84 Å². The molecule has 2 fully saturated rings. The minimum atomic E-state index is -2.74. The van der Waals surface area contributed by atoms with Crippen molar-refractivity contribution in [1.29, 1.82) is 0 Å². The van der Waals surface area contributed by atoms with Crippen LogP contribution in [-0.4, -0.2) is 50.0 Å². The van der Waals surface area contributed by atoms with Crippen LogP contribution in [0.4, 0.5) is 0 Å². The van der Waals surface area contributed by atoms with Gasteiger partial charge in [0.1, 0.15) is 0 Å². The van der Waals surface area contributed by atoms with E-state index in [1.807, 2.05) is 0 Å². The van der Waals surface area contributed by atoms with E-state index in [1.54, 1.807) is 0 Å². The number of sulfone groups is 1. The number of nitrogens with zero attached hydrogens (tertiary/aromatic N) is 1. The van der Waals surface area contributed by atoms with Gasteiger partial charge >= 0.3 is 0 Å². The zero-order chi connectivity index (χ0) is 11.8. The third kappa shape index (κ3) is 2.76. The number of hydrogen-bond acceptors (Lipinski definition) is 4. The van der Waals surface area contributed by atoms with E-state index in [0.717, 1.165) is 32.4 Å². The molecule has 0 aromatic rings. The fourth-order valence-electron chi connectivity index (χ4n) is 2.87. The van der Waals surface area contributed by atoms with Crippen molar-refractivity contribution in [1.82, 2.24) is 4.90 Å². The summed E-state index contributed by atoms with van der Waals surface area (Å²) in [6.07, 6.45) is 3.06. The van der Waals surface area contributed by atoms with Crippen molar-refractivity contribution in [2.75, 3.05) is 24.6 Å². The number of nitrogens with two attached hydrogens (primary N) is 1. The first-order valence-electron chi connectivity index (χ1n) is 6.18. The average molecular weight is 246 g/mol. The smallest absolute Gasteiger partial charge is 0.151 e. The topological polar surface area (TPSA) is 63.4 Å². The molecule has 0 aromatic carbocycles. The molecular formula is C11H22N2O2S. The molecule has 2 N–H and O–H groups in total. The van der Waals surface area contributed by atoms with Gasteiger partial charge in [-0.15, -0.1) is 0 Å². The maximum Gasteiger partial charge on any atom is 0.151 e. The summed E-state index contributed by atoms with van der Waals surface area (Å²) in [5, 5.41) is 0. The Morgan fingerprint density at radius 1 is 1.25 bits per heavy atom. The molecule has 2 rings (SSSR count). The molecule has 0 amide bonds. The highest BCUT2D eigenvalue weighted by atomic mass is 32.2. The van der Waals surface area contributed by atoms with Crippen LogP contribution < -0.4 is 5.73 Å². The number of rotatable bonds is 2. The van der Waals surface area contributed by atoms with E-state index in [-0.39, 0.29) is 12.1 Å². The van der Waals surface area contributed by atoms with Crippen LogP contribution in [0.1, 0.15) is 26.2 Å². The first-order valence-corrected chi connectivity index (χ1v) is 8.00. The van der Waals surface area contributed by atoms with Crippen molar-refractivity contribution < 1.29 is 8.42 Å². The summed E-state index contributed by atoms with van der Waals surface area (Å²) < 4.78 is 22.8. The molecule has 0 saturated carbocycles. The third-order valence-electron chi connectivity index (χ3n) is 4.04. The van der Waals surface area contributed by atoms with Gasteiger partial charge in [0.15, 0.2) is 9.84 Å². The van der Waals surface area contributed by atoms with Crippen LogP contribution in [0.15, 0.2) is 0 Å². The Bertz CT molecular complexity index is 332. The maximum atomic E-state index is 11.4. The Hall–Kier alpha value is -0.130. The zero-order valence-electron chi connectivity index (χ0n) is 9.93. The quantitative estimate of drug-likeness (QED) is 0.758. The second-order valence-electron chi connectivity index (χ2n) is 5.29. The van der Waals surface area contributed by atoms with Gasteiger partial charge in [-0.1, -0.05) is 0 Å². The molecule has 0 bridgehead atoms. The van der Waals surface area contributed by atoms with Crippen molar-refractivity contribution in [2.24, 2.45) is 11.7 Å². The van der Waals surface area contributed by atoms with Gasteiger partial charge in [-0.2, -0.15) is 0 Å². The van der Waals surface area contributed by atoms with Gasteiger partial charge in [-0.05, 0) is 45.2 Å². The first-order chi connectivity index (χ1) is 7.48. The van der Waals surface area contributed by atoms with Gasteiger partial charge in [-0.3, -0.25) is 4.90 Å². The minimum absolute atomic E-state index is 0.273. The van der Waals surface area contributed by atoms with E-state index in [9.17, 15) is 8.42 Å². The molecule has 0 radical (unpaired) electrons. The highest BCUT2D eigenvalue weighted by molar-refractivity contribution is 7.91. The lowest BCUT2D eigenvalue weighted by Gasteiger charge is -2.36. The summed E-state index contributed by atoms with van der Waals surface area (Å²) in [6, 6.07) is 0.550. The largest absolute Gasteiger partial charge is 0.328 e. The van der Waals surface area contributed by atoms with Gasteiger partial charge in [0, 0.05) is 12.1 Å². The summed E-state index contributed by atoms with van der Waals surface area (Å²) in [6.45, 7) is 4.11. The molecule has 4 nitrogen and oxygen atoms in total. The average Bonchev–Trinajstić information content (AvgIpc) is 2.59. The maximum absolute atomic E-state index is 11.4. The number of hydrogen-bond donors (Lipinski definition) is 1. The monoisotopic (exact) mass is 246 g/mol. The van der Waals surface area contributed by atoms with Crippen LogP contribution in [0.2, 0.25) is 0 Å². The molecule has 0 aromatic heterocycles. The van der Waals surface area contributed by atoms with E-state index < -0.39 is 9.84 Å². The van der Waals surface area contributed by atoms with Crippen molar-refractivity contribution in [3.63, 3.8) is 0 Å². The molecule has 0 aliphatic carbocycles. The Kier molecular flexibility index (Phi) is 3.56. The van der Waals surface area contributed by atoms with E-state index in [0.29, 0.717) is 17.4 Å². The van der Waals surface area contributed by atoms with Gasteiger partial charge in [0.25, 0.3) is 0 Å². The Morgan fingerprint density at radius 2 is 1.88 bits per heavy atom. The molecule has 16 heavy (non-hydrogen) atoms. The lowest BCUT2D eigenvalue weighted by atomic mass is 9.90. The SMILES string of the molecule is CC(N)C1CCN(C2CCS(=O)(=O)C2)CC1. The summed E-state index contributed by atoms with van der Waals surface area (Å²) in [5.74, 6) is 1.37. The Balaban J connectivity index is 1.86. The minimum Gasteiger partial charge on any atom is -0.328 e. The lowest BCUT2D eigenvalue weighted by molar-refractivity contribution is 0.135. The Morgan fingerprint density at radius 3 is 2.31 bits per heavy atom. The second-order valence-corrected chi connectivity index (χ2v) is 7.52. The van der Waals surface area contributed by atoms with E-state index in [4.69, 9.17) is 5.73 Å². The fraction of sp³-hybridized carbons (Fsp3) is 1.00. The summed E-state index contributed by atoms with van der Waals surface area (Å²) in [4.78, 5) is 2.35. The van der Waals surface area contributed by atoms with Crippen LogP contribution >= 0.6 is 0 Å². The molecule has 2 unspecified atom stereocenters. The van der Waals surface area contributed by atoms with E-state index in [1.165, 1.54) is 0 Å². The highest BCUT2D eigenvalue weighted by Gasteiger charge is 2.34. The van der Waals surface area contributed by atoms with Crippen molar-refractivity contribution >= 4 is 9.84 Å². The van der Waals surface area contributed by atoms with Gasteiger partial charge in [0.05, 0.1) is 11.5 Å². The standard InChI is InChI=1S/C11H22N2O2S/c1-9(12)10-2-5-13(6-3-10)11-4-7-16(14,15)8-11/h9-11H,2-8,12H2,1H3. The molecule has 2 heterocycles. The van der Waals surface area contributed by atoms with Gasteiger partial charge < -0.3 is 5.73 Å². The zero-order valence-corrected chi connectivity index (χ0v) is 10.7. The van der Waals surface area contributed by atoms with E-state index in [2.05, 4.69) is 11.8 Å². The van der Waals surface area contributed by atoms with Crippen molar-refractivity contribution in [2.45, 2.75) is 38.3 Å². The lowest BCUT2D eigenvalue weighted by Crippen LogP contribution is -2.45. The fourth-order valence-corrected chi connectivity index (χ4v) is 4.64. The molecule has 2 atom stereocenters. The molecule has 2 saturated heterocycles. The number of piperidine rings is 1. The predicted octanol–water partition coefficient (Wildman–Crippen LogP) is 0.233. The molecule has 94 valence electrons. The molecule has 5 heteroatoms. The summed E-state index contributed by atoms with van der Waals surface area (Å²) in [7, 11) is -2.74. The summed E-state index contributed by atoms with van der Waals surface area (Å²) >= 11 is 0. The molecule has 0 spiro atoms. The molecule has 2 aliphatic heterocycles. The van der Waals surface area contributed by atoms with Crippen LogP contribution in [0, 0.1) is 5.92 Å². The van der Waals surface area contributed by atoms with Gasteiger partial charge in [-0.25, -0.2) is 8.42 Å². The second kappa shape index (κ2) is 4.63. The molecular weight excluding hydrogens is 224 g/mol.